The number of hydrogen-bond acceptors (Lipinski definition) is 3. The molecule has 1 aliphatic rings. The first-order valence-electron chi connectivity index (χ1n) is 8.97. The minimum Gasteiger partial charge on any atom is -0.361 e. The fraction of sp³-hybridized carbons (Fsp3) is 0.500. The van der Waals surface area contributed by atoms with Crippen LogP contribution in [0.3, 0.4) is 0 Å². The highest BCUT2D eigenvalue weighted by Crippen LogP contribution is 2.37. The lowest BCUT2D eigenvalue weighted by Crippen LogP contribution is -2.35. The van der Waals surface area contributed by atoms with Crippen molar-refractivity contribution >= 4 is 5.91 Å². The molecule has 1 aromatic heterocycles. The van der Waals surface area contributed by atoms with Crippen LogP contribution in [0.5, 0.6) is 0 Å². The monoisotopic (exact) mass is 326 g/mol. The highest BCUT2D eigenvalue weighted by atomic mass is 16.5. The molecule has 4 heteroatoms. The van der Waals surface area contributed by atoms with Gasteiger partial charge in [0.15, 0.2) is 0 Å². The summed E-state index contributed by atoms with van der Waals surface area (Å²) < 4.78 is 5.31. The molecule has 0 aliphatic heterocycles. The first-order chi connectivity index (χ1) is 11.7. The lowest BCUT2D eigenvalue weighted by Gasteiger charge is -2.31. The molecule has 1 fully saturated rings. The third-order valence-electron chi connectivity index (χ3n) is 5.16. The Morgan fingerprint density at radius 2 is 2.00 bits per heavy atom. The molecule has 4 nitrogen and oxygen atoms in total. The van der Waals surface area contributed by atoms with Gasteiger partial charge < -0.3 is 9.84 Å². The molecule has 2 aromatic rings. The molecule has 3 rings (SSSR count). The molecule has 128 valence electrons. The normalized spacial score (nSPS) is 20.8. The van der Waals surface area contributed by atoms with Crippen LogP contribution in [0.4, 0.5) is 0 Å². The van der Waals surface area contributed by atoms with Gasteiger partial charge in [-0.2, -0.15) is 0 Å². The van der Waals surface area contributed by atoms with Crippen LogP contribution in [0.2, 0.25) is 0 Å². The molecule has 0 spiro atoms. The Bertz CT molecular complexity index is 678. The molecule has 1 aromatic carbocycles. The van der Waals surface area contributed by atoms with Crippen LogP contribution in [0.25, 0.3) is 0 Å². The van der Waals surface area contributed by atoms with Crippen LogP contribution in [-0.4, -0.2) is 11.1 Å². The Hall–Kier alpha value is -2.10. The molecule has 1 N–H and O–H groups in total. The molecule has 2 atom stereocenters. The number of aryl methyl sites for hydroxylation is 2. The zero-order chi connectivity index (χ0) is 16.9. The number of nitrogens with one attached hydrogen (secondary N) is 1. The first-order valence-corrected chi connectivity index (χ1v) is 8.97. The average molecular weight is 326 g/mol. The fourth-order valence-electron chi connectivity index (χ4n) is 3.79. The predicted molar refractivity (Wildman–Crippen MR) is 93.6 cm³/mol. The highest BCUT2D eigenvalue weighted by molar-refractivity contribution is 5.79. The predicted octanol–water partition coefficient (Wildman–Crippen LogP) is 4.14. The van der Waals surface area contributed by atoms with E-state index in [1.54, 1.807) is 0 Å². The second-order valence-electron chi connectivity index (χ2n) is 6.65. The van der Waals surface area contributed by atoms with Crippen molar-refractivity contribution in [2.45, 2.75) is 58.4 Å². The van der Waals surface area contributed by atoms with E-state index in [1.165, 1.54) is 12.0 Å². The number of rotatable bonds is 5. The van der Waals surface area contributed by atoms with Crippen molar-refractivity contribution in [1.82, 2.24) is 10.5 Å². The lowest BCUT2D eigenvalue weighted by atomic mass is 9.75. The van der Waals surface area contributed by atoms with Crippen LogP contribution < -0.4 is 5.32 Å². The van der Waals surface area contributed by atoms with E-state index in [1.807, 2.05) is 19.9 Å². The molecule has 24 heavy (non-hydrogen) atoms. The molecular formula is C20H26N2O2. The molecule has 1 aliphatic carbocycles. The Kier molecular flexibility index (Phi) is 5.34. The number of aromatic nitrogens is 1. The SMILES string of the molecule is CCc1onc(C)c1CNC(=O)[C@@H]1CCCC[C@@H]1c1ccccc1. The summed E-state index contributed by atoms with van der Waals surface area (Å²) in [4.78, 5) is 12.8. The van der Waals surface area contributed by atoms with Gasteiger partial charge in [-0.3, -0.25) is 4.79 Å². The van der Waals surface area contributed by atoms with Crippen molar-refractivity contribution in [2.75, 3.05) is 0 Å². The number of carbonyl (C=O) groups is 1. The van der Waals surface area contributed by atoms with E-state index >= 15 is 0 Å². The fourth-order valence-corrected chi connectivity index (χ4v) is 3.79. The van der Waals surface area contributed by atoms with E-state index in [-0.39, 0.29) is 11.8 Å². The quantitative estimate of drug-likeness (QED) is 0.898. The van der Waals surface area contributed by atoms with Gasteiger partial charge in [0.2, 0.25) is 5.91 Å². The Labute approximate surface area is 143 Å². The molecule has 1 saturated carbocycles. The third-order valence-corrected chi connectivity index (χ3v) is 5.16. The van der Waals surface area contributed by atoms with Crippen LogP contribution in [-0.2, 0) is 17.8 Å². The van der Waals surface area contributed by atoms with Crippen molar-refractivity contribution in [3.63, 3.8) is 0 Å². The summed E-state index contributed by atoms with van der Waals surface area (Å²) in [6, 6.07) is 10.5. The number of carbonyl (C=O) groups excluding carboxylic acids is 1. The molecule has 0 bridgehead atoms. The van der Waals surface area contributed by atoms with Crippen molar-refractivity contribution in [1.29, 1.82) is 0 Å². The van der Waals surface area contributed by atoms with E-state index in [9.17, 15) is 4.79 Å². The molecule has 0 saturated heterocycles. The van der Waals surface area contributed by atoms with Gasteiger partial charge in [-0.15, -0.1) is 0 Å². The van der Waals surface area contributed by atoms with Gasteiger partial charge in [-0.05, 0) is 31.2 Å². The molecular weight excluding hydrogens is 300 g/mol. The van der Waals surface area contributed by atoms with Crippen LogP contribution in [0, 0.1) is 12.8 Å². The van der Waals surface area contributed by atoms with Gasteiger partial charge >= 0.3 is 0 Å². The number of hydrogen-bond donors (Lipinski definition) is 1. The van der Waals surface area contributed by atoms with E-state index in [2.05, 4.69) is 34.7 Å². The summed E-state index contributed by atoms with van der Waals surface area (Å²) >= 11 is 0. The average Bonchev–Trinajstić information content (AvgIpc) is 3.00. The van der Waals surface area contributed by atoms with Crippen molar-refractivity contribution < 1.29 is 9.32 Å². The summed E-state index contributed by atoms with van der Waals surface area (Å²) in [7, 11) is 0. The van der Waals surface area contributed by atoms with Gasteiger partial charge in [0.1, 0.15) is 5.76 Å². The first kappa shape index (κ1) is 16.7. The van der Waals surface area contributed by atoms with Gasteiger partial charge in [-0.25, -0.2) is 0 Å². The largest absolute Gasteiger partial charge is 0.361 e. The molecule has 1 heterocycles. The summed E-state index contributed by atoms with van der Waals surface area (Å²) in [5.41, 5.74) is 3.18. The zero-order valence-electron chi connectivity index (χ0n) is 14.5. The Morgan fingerprint density at radius 3 is 2.75 bits per heavy atom. The van der Waals surface area contributed by atoms with Crippen molar-refractivity contribution in [3.05, 3.63) is 52.9 Å². The third kappa shape index (κ3) is 3.53. The standard InChI is InChI=1S/C20H26N2O2/c1-3-19-18(14(2)22-24-19)13-21-20(23)17-12-8-7-11-16(17)15-9-5-4-6-10-15/h4-6,9-10,16-17H,3,7-8,11-13H2,1-2H3,(H,21,23)/t16-,17-/m1/s1. The summed E-state index contributed by atoms with van der Waals surface area (Å²) in [6.07, 6.45) is 5.19. The number of benzene rings is 1. The minimum atomic E-state index is 0.0615. The van der Waals surface area contributed by atoms with Crippen molar-refractivity contribution in [3.8, 4) is 0 Å². The summed E-state index contributed by atoms with van der Waals surface area (Å²) in [6.45, 7) is 4.48. The van der Waals surface area contributed by atoms with Gasteiger partial charge in [0, 0.05) is 24.4 Å². The minimum absolute atomic E-state index is 0.0615. The van der Waals surface area contributed by atoms with Crippen molar-refractivity contribution in [2.24, 2.45) is 5.92 Å². The second-order valence-corrected chi connectivity index (χ2v) is 6.65. The second kappa shape index (κ2) is 7.65. The zero-order valence-corrected chi connectivity index (χ0v) is 14.5. The summed E-state index contributed by atoms with van der Waals surface area (Å²) in [5.74, 6) is 1.42. The number of amides is 1. The Balaban J connectivity index is 1.69. The summed E-state index contributed by atoms with van der Waals surface area (Å²) in [5, 5.41) is 7.15. The van der Waals surface area contributed by atoms with Crippen LogP contribution in [0.15, 0.2) is 34.9 Å². The molecule has 0 unspecified atom stereocenters. The maximum Gasteiger partial charge on any atom is 0.223 e. The van der Waals surface area contributed by atoms with E-state index in [0.717, 1.165) is 42.7 Å². The number of nitrogens with zero attached hydrogens (tertiary/aromatic N) is 1. The van der Waals surface area contributed by atoms with Gasteiger partial charge in [0.05, 0.1) is 5.69 Å². The van der Waals surface area contributed by atoms with Gasteiger partial charge in [-0.1, -0.05) is 55.3 Å². The van der Waals surface area contributed by atoms with Crippen LogP contribution >= 0.6 is 0 Å². The smallest absolute Gasteiger partial charge is 0.223 e. The highest BCUT2D eigenvalue weighted by Gasteiger charge is 2.31. The van der Waals surface area contributed by atoms with E-state index in [4.69, 9.17) is 4.52 Å². The maximum atomic E-state index is 12.8. The molecule has 1 amide bonds. The van der Waals surface area contributed by atoms with Gasteiger partial charge in [0.25, 0.3) is 0 Å². The van der Waals surface area contributed by atoms with E-state index in [0.29, 0.717) is 12.5 Å². The van der Waals surface area contributed by atoms with Crippen LogP contribution in [0.1, 0.15) is 61.1 Å². The Morgan fingerprint density at radius 1 is 1.25 bits per heavy atom. The lowest BCUT2D eigenvalue weighted by molar-refractivity contribution is -0.126. The molecule has 0 radical (unpaired) electrons. The topological polar surface area (TPSA) is 55.1 Å². The maximum absolute atomic E-state index is 12.8. The van der Waals surface area contributed by atoms with E-state index < -0.39 is 0 Å².